The van der Waals surface area contributed by atoms with E-state index in [9.17, 15) is 13.6 Å². The highest BCUT2D eigenvalue weighted by atomic mass is 19.1. The van der Waals surface area contributed by atoms with Gasteiger partial charge in [-0.05, 0) is 55.5 Å². The van der Waals surface area contributed by atoms with Crippen molar-refractivity contribution in [1.82, 2.24) is 19.6 Å². The van der Waals surface area contributed by atoms with E-state index in [1.807, 2.05) is 0 Å². The first-order valence-corrected chi connectivity index (χ1v) is 10.8. The van der Waals surface area contributed by atoms with Crippen molar-refractivity contribution in [2.24, 2.45) is 0 Å². The van der Waals surface area contributed by atoms with Gasteiger partial charge in [0.15, 0.2) is 28.8 Å². The maximum Gasteiger partial charge on any atom is 0.256 e. The number of fused-ring (bicyclic) bond motifs is 1. The van der Waals surface area contributed by atoms with Gasteiger partial charge in [0.25, 0.3) is 5.91 Å². The summed E-state index contributed by atoms with van der Waals surface area (Å²) in [7, 11) is 1.38. The molecule has 3 aromatic heterocycles. The Morgan fingerprint density at radius 2 is 1.75 bits per heavy atom. The number of pyridine rings is 1. The molecule has 0 spiro atoms. The second-order valence-electron chi connectivity index (χ2n) is 7.80. The van der Waals surface area contributed by atoms with Gasteiger partial charge in [-0.25, -0.2) is 18.7 Å². The lowest BCUT2D eigenvalue weighted by Crippen LogP contribution is -2.13. The Morgan fingerprint density at radius 1 is 0.944 bits per heavy atom. The van der Waals surface area contributed by atoms with Crippen molar-refractivity contribution in [2.45, 2.75) is 6.92 Å². The molecule has 0 saturated heterocycles. The van der Waals surface area contributed by atoms with Crippen molar-refractivity contribution in [2.75, 3.05) is 12.4 Å². The van der Waals surface area contributed by atoms with Gasteiger partial charge in [0.2, 0.25) is 5.88 Å². The average Bonchev–Trinajstić information content (AvgIpc) is 3.34. The van der Waals surface area contributed by atoms with E-state index in [1.165, 1.54) is 35.9 Å². The predicted octanol–water partition coefficient (Wildman–Crippen LogP) is 5.43. The summed E-state index contributed by atoms with van der Waals surface area (Å²) in [5.41, 5.74) is 2.27. The quantitative estimate of drug-likeness (QED) is 0.343. The average molecular weight is 487 g/mol. The Kier molecular flexibility index (Phi) is 5.99. The van der Waals surface area contributed by atoms with Crippen LogP contribution in [0.3, 0.4) is 0 Å². The van der Waals surface area contributed by atoms with E-state index >= 15 is 0 Å². The number of carbonyl (C=O) groups is 1. The molecule has 180 valence electrons. The van der Waals surface area contributed by atoms with E-state index in [0.29, 0.717) is 22.6 Å². The molecule has 1 N–H and O–H groups in total. The highest BCUT2D eigenvalue weighted by molar-refractivity contribution is 6.04. The minimum Gasteiger partial charge on any atom is -0.494 e. The van der Waals surface area contributed by atoms with Crippen LogP contribution in [0.2, 0.25) is 0 Å². The molecule has 3 heterocycles. The molecule has 36 heavy (non-hydrogen) atoms. The second kappa shape index (κ2) is 9.41. The number of hydrogen-bond acceptors (Lipinski definition) is 6. The Bertz CT molecular complexity index is 1600. The SMILES string of the molecule is COc1ccc(-c2cccc(NC(=O)c3ccc(Oc4cc(C)nc5ccnn45)c(F)c3)n2)cc1F. The summed E-state index contributed by atoms with van der Waals surface area (Å²) in [6.45, 7) is 1.79. The van der Waals surface area contributed by atoms with Crippen LogP contribution < -0.4 is 14.8 Å². The van der Waals surface area contributed by atoms with Crippen LogP contribution in [0.4, 0.5) is 14.6 Å². The normalized spacial score (nSPS) is 10.9. The summed E-state index contributed by atoms with van der Waals surface area (Å²) < 4.78 is 41.0. The molecule has 0 bridgehead atoms. The first kappa shape index (κ1) is 22.9. The summed E-state index contributed by atoms with van der Waals surface area (Å²) in [5.74, 6) is -1.27. The van der Waals surface area contributed by atoms with Crippen LogP contribution in [0.5, 0.6) is 17.4 Å². The Labute approximate surface area is 204 Å². The van der Waals surface area contributed by atoms with E-state index in [4.69, 9.17) is 9.47 Å². The first-order valence-electron chi connectivity index (χ1n) is 10.8. The smallest absolute Gasteiger partial charge is 0.256 e. The van der Waals surface area contributed by atoms with Crippen LogP contribution in [-0.2, 0) is 0 Å². The van der Waals surface area contributed by atoms with E-state index in [-0.39, 0.29) is 28.8 Å². The lowest BCUT2D eigenvalue weighted by molar-refractivity contribution is 0.102. The number of benzene rings is 2. The van der Waals surface area contributed by atoms with Gasteiger partial charge in [-0.1, -0.05) is 6.07 Å². The zero-order valence-corrected chi connectivity index (χ0v) is 19.2. The highest BCUT2D eigenvalue weighted by Gasteiger charge is 2.15. The third-order valence-electron chi connectivity index (χ3n) is 5.30. The van der Waals surface area contributed by atoms with E-state index < -0.39 is 17.5 Å². The molecule has 10 heteroatoms. The molecule has 0 radical (unpaired) electrons. The lowest BCUT2D eigenvalue weighted by Gasteiger charge is -2.11. The fourth-order valence-corrected chi connectivity index (χ4v) is 3.59. The Morgan fingerprint density at radius 3 is 2.53 bits per heavy atom. The zero-order chi connectivity index (χ0) is 25.2. The van der Waals surface area contributed by atoms with Crippen LogP contribution in [-0.4, -0.2) is 32.6 Å². The Hall–Kier alpha value is -4.86. The molecule has 1 amide bonds. The molecule has 0 aliphatic rings. The van der Waals surface area contributed by atoms with E-state index in [2.05, 4.69) is 20.4 Å². The van der Waals surface area contributed by atoms with Gasteiger partial charge in [0, 0.05) is 29.0 Å². The van der Waals surface area contributed by atoms with Gasteiger partial charge in [-0.3, -0.25) is 4.79 Å². The standard InChI is InChI=1S/C26H19F2N5O3/c1-15-12-25(33-24(30-15)10-11-29-33)36-22-9-7-17(14-19(22)28)26(34)32-23-5-3-4-20(31-23)16-6-8-21(35-2)18(27)13-16/h3-14H,1-2H3,(H,31,32,34). The molecular formula is C26H19F2N5O3. The molecule has 0 aliphatic heterocycles. The monoisotopic (exact) mass is 487 g/mol. The number of hydrogen-bond donors (Lipinski definition) is 1. The zero-order valence-electron chi connectivity index (χ0n) is 19.2. The molecule has 0 unspecified atom stereocenters. The van der Waals surface area contributed by atoms with Crippen LogP contribution in [0.1, 0.15) is 16.1 Å². The number of anilines is 1. The topological polar surface area (TPSA) is 90.6 Å². The number of rotatable bonds is 6. The number of ether oxygens (including phenoxy) is 2. The fourth-order valence-electron chi connectivity index (χ4n) is 3.59. The number of carbonyl (C=O) groups excluding carboxylic acids is 1. The fraction of sp³-hybridized carbons (Fsp3) is 0.0769. The summed E-state index contributed by atoms with van der Waals surface area (Å²) in [4.78, 5) is 21.4. The first-order chi connectivity index (χ1) is 17.4. The lowest BCUT2D eigenvalue weighted by atomic mass is 10.1. The molecule has 0 aliphatic carbocycles. The van der Waals surface area contributed by atoms with Gasteiger partial charge in [-0.2, -0.15) is 9.61 Å². The number of methoxy groups -OCH3 is 1. The minimum atomic E-state index is -0.729. The van der Waals surface area contributed by atoms with Crippen LogP contribution >= 0.6 is 0 Å². The number of amides is 1. The van der Waals surface area contributed by atoms with Gasteiger partial charge in [-0.15, -0.1) is 0 Å². The Balaban J connectivity index is 1.34. The van der Waals surface area contributed by atoms with Crippen LogP contribution in [0.15, 0.2) is 72.9 Å². The van der Waals surface area contributed by atoms with Crippen molar-refractivity contribution in [3.05, 3.63) is 95.8 Å². The van der Waals surface area contributed by atoms with Crippen LogP contribution in [0, 0.1) is 18.6 Å². The number of nitrogens with one attached hydrogen (secondary N) is 1. The third-order valence-corrected chi connectivity index (χ3v) is 5.30. The summed E-state index contributed by atoms with van der Waals surface area (Å²) in [6.07, 6.45) is 1.56. The summed E-state index contributed by atoms with van der Waals surface area (Å²) in [6, 6.07) is 16.6. The molecule has 8 nitrogen and oxygen atoms in total. The van der Waals surface area contributed by atoms with Gasteiger partial charge < -0.3 is 14.8 Å². The third kappa shape index (κ3) is 4.56. The maximum absolute atomic E-state index is 14.8. The number of aromatic nitrogens is 4. The molecule has 2 aromatic carbocycles. The van der Waals surface area contributed by atoms with E-state index in [1.54, 1.807) is 49.5 Å². The van der Waals surface area contributed by atoms with Crippen molar-refractivity contribution in [1.29, 1.82) is 0 Å². The van der Waals surface area contributed by atoms with Crippen molar-refractivity contribution in [3.63, 3.8) is 0 Å². The molecule has 5 aromatic rings. The van der Waals surface area contributed by atoms with Gasteiger partial charge >= 0.3 is 0 Å². The molecular weight excluding hydrogens is 468 g/mol. The molecule has 0 fully saturated rings. The largest absolute Gasteiger partial charge is 0.494 e. The van der Waals surface area contributed by atoms with Crippen molar-refractivity contribution >= 4 is 17.4 Å². The molecule has 0 atom stereocenters. The molecule has 5 rings (SSSR count). The summed E-state index contributed by atoms with van der Waals surface area (Å²) >= 11 is 0. The van der Waals surface area contributed by atoms with Crippen LogP contribution in [0.25, 0.3) is 16.9 Å². The number of halogens is 2. The molecule has 0 saturated carbocycles. The second-order valence-corrected chi connectivity index (χ2v) is 7.80. The maximum atomic E-state index is 14.8. The number of nitrogens with zero attached hydrogens (tertiary/aromatic N) is 4. The minimum absolute atomic E-state index is 0.0673. The van der Waals surface area contributed by atoms with E-state index in [0.717, 1.165) is 6.07 Å². The van der Waals surface area contributed by atoms with Crippen molar-refractivity contribution < 1.29 is 23.0 Å². The van der Waals surface area contributed by atoms with Gasteiger partial charge in [0.1, 0.15) is 5.82 Å². The highest BCUT2D eigenvalue weighted by Crippen LogP contribution is 2.27. The number of aryl methyl sites for hydroxylation is 1. The van der Waals surface area contributed by atoms with Gasteiger partial charge in [0.05, 0.1) is 19.0 Å². The van der Waals surface area contributed by atoms with Crippen molar-refractivity contribution in [3.8, 4) is 28.6 Å². The summed E-state index contributed by atoms with van der Waals surface area (Å²) in [5, 5.41) is 6.76. The predicted molar refractivity (Wildman–Crippen MR) is 128 cm³/mol.